The molecular formula is C14H14F2N2. The van der Waals surface area contributed by atoms with Crippen molar-refractivity contribution in [3.05, 3.63) is 48.0 Å². The number of anilines is 2. The summed E-state index contributed by atoms with van der Waals surface area (Å²) in [6.45, 7) is 0. The zero-order chi connectivity index (χ0) is 13.3. The molecule has 2 N–H and O–H groups in total. The van der Waals surface area contributed by atoms with Crippen molar-refractivity contribution in [3.63, 3.8) is 0 Å². The molecular weight excluding hydrogens is 234 g/mol. The van der Waals surface area contributed by atoms with Crippen LogP contribution in [-0.4, -0.2) is 14.1 Å². The zero-order valence-corrected chi connectivity index (χ0v) is 10.2. The van der Waals surface area contributed by atoms with Crippen molar-refractivity contribution in [2.24, 2.45) is 0 Å². The zero-order valence-electron chi connectivity index (χ0n) is 10.2. The van der Waals surface area contributed by atoms with Gasteiger partial charge in [0.15, 0.2) is 0 Å². The summed E-state index contributed by atoms with van der Waals surface area (Å²) in [6.07, 6.45) is 0. The summed E-state index contributed by atoms with van der Waals surface area (Å²) in [4.78, 5) is 1.93. The SMILES string of the molecule is CN(C)c1ccc(-c2cc(F)c(N)cc2F)cc1. The van der Waals surface area contributed by atoms with Gasteiger partial charge in [0.1, 0.15) is 11.6 Å². The van der Waals surface area contributed by atoms with E-state index >= 15 is 0 Å². The van der Waals surface area contributed by atoms with Crippen molar-refractivity contribution in [2.75, 3.05) is 24.7 Å². The lowest BCUT2D eigenvalue weighted by atomic mass is 10.0. The molecule has 0 fully saturated rings. The molecule has 0 heterocycles. The maximum absolute atomic E-state index is 13.7. The highest BCUT2D eigenvalue weighted by molar-refractivity contribution is 5.68. The molecule has 0 saturated heterocycles. The van der Waals surface area contributed by atoms with Gasteiger partial charge in [0.05, 0.1) is 5.69 Å². The molecule has 18 heavy (non-hydrogen) atoms. The normalized spacial score (nSPS) is 10.4. The Kier molecular flexibility index (Phi) is 3.19. The van der Waals surface area contributed by atoms with Gasteiger partial charge in [0.25, 0.3) is 0 Å². The topological polar surface area (TPSA) is 29.3 Å². The molecule has 0 spiro atoms. The van der Waals surface area contributed by atoms with Gasteiger partial charge in [-0.15, -0.1) is 0 Å². The molecule has 94 valence electrons. The fourth-order valence-electron chi connectivity index (χ4n) is 1.72. The first kappa shape index (κ1) is 12.4. The molecule has 0 bridgehead atoms. The van der Waals surface area contributed by atoms with Crippen molar-refractivity contribution >= 4 is 11.4 Å². The second-order valence-corrected chi connectivity index (χ2v) is 4.29. The predicted octanol–water partition coefficient (Wildman–Crippen LogP) is 3.28. The number of hydrogen-bond donors (Lipinski definition) is 1. The standard InChI is InChI=1S/C14H14F2N2/c1-18(2)10-5-3-9(4-6-10)11-7-13(16)14(17)8-12(11)15/h3-8H,17H2,1-2H3. The minimum Gasteiger partial charge on any atom is -0.396 e. The summed E-state index contributed by atoms with van der Waals surface area (Å²) >= 11 is 0. The largest absolute Gasteiger partial charge is 0.396 e. The lowest BCUT2D eigenvalue weighted by Gasteiger charge is -2.13. The maximum Gasteiger partial charge on any atom is 0.146 e. The van der Waals surface area contributed by atoms with Crippen LogP contribution in [0.5, 0.6) is 0 Å². The van der Waals surface area contributed by atoms with E-state index in [4.69, 9.17) is 5.73 Å². The van der Waals surface area contributed by atoms with E-state index < -0.39 is 11.6 Å². The summed E-state index contributed by atoms with van der Waals surface area (Å²) < 4.78 is 27.1. The Morgan fingerprint density at radius 2 is 1.56 bits per heavy atom. The monoisotopic (exact) mass is 248 g/mol. The highest BCUT2D eigenvalue weighted by Crippen LogP contribution is 2.28. The van der Waals surface area contributed by atoms with Gasteiger partial charge in [0.2, 0.25) is 0 Å². The van der Waals surface area contributed by atoms with Crippen LogP contribution in [0, 0.1) is 11.6 Å². The van der Waals surface area contributed by atoms with E-state index in [2.05, 4.69) is 0 Å². The van der Waals surface area contributed by atoms with E-state index in [0.717, 1.165) is 17.8 Å². The third kappa shape index (κ3) is 2.27. The lowest BCUT2D eigenvalue weighted by molar-refractivity contribution is 0.607. The van der Waals surface area contributed by atoms with Crippen molar-refractivity contribution < 1.29 is 8.78 Å². The fraction of sp³-hybridized carbons (Fsp3) is 0.143. The molecule has 0 atom stereocenters. The number of nitrogens with two attached hydrogens (primary N) is 1. The van der Waals surface area contributed by atoms with Crippen LogP contribution in [0.2, 0.25) is 0 Å². The van der Waals surface area contributed by atoms with E-state index in [1.165, 1.54) is 0 Å². The minimum absolute atomic E-state index is 0.179. The first-order chi connectivity index (χ1) is 8.49. The number of halogens is 2. The lowest BCUT2D eigenvalue weighted by Crippen LogP contribution is -2.07. The van der Waals surface area contributed by atoms with Crippen molar-refractivity contribution in [1.82, 2.24) is 0 Å². The fourth-order valence-corrected chi connectivity index (χ4v) is 1.72. The molecule has 0 aliphatic heterocycles. The number of rotatable bonds is 2. The number of hydrogen-bond acceptors (Lipinski definition) is 2. The van der Waals surface area contributed by atoms with E-state index in [1.54, 1.807) is 12.1 Å². The van der Waals surface area contributed by atoms with Gasteiger partial charge >= 0.3 is 0 Å². The van der Waals surface area contributed by atoms with Crippen LogP contribution in [0.25, 0.3) is 11.1 Å². The molecule has 0 saturated carbocycles. The van der Waals surface area contributed by atoms with E-state index in [9.17, 15) is 8.78 Å². The molecule has 0 amide bonds. The van der Waals surface area contributed by atoms with Crippen molar-refractivity contribution in [1.29, 1.82) is 0 Å². The van der Waals surface area contributed by atoms with E-state index in [0.29, 0.717) is 5.56 Å². The second kappa shape index (κ2) is 4.64. The molecule has 0 aliphatic carbocycles. The van der Waals surface area contributed by atoms with Gasteiger partial charge in [-0.2, -0.15) is 0 Å². The van der Waals surface area contributed by atoms with Gasteiger partial charge in [-0.1, -0.05) is 12.1 Å². The van der Waals surface area contributed by atoms with E-state index in [1.807, 2.05) is 31.1 Å². The van der Waals surface area contributed by atoms with Gasteiger partial charge in [0, 0.05) is 31.4 Å². The summed E-state index contributed by atoms with van der Waals surface area (Å²) in [5.41, 5.74) is 6.96. The first-order valence-corrected chi connectivity index (χ1v) is 5.51. The maximum atomic E-state index is 13.7. The van der Waals surface area contributed by atoms with Crippen LogP contribution in [0.4, 0.5) is 20.2 Å². The van der Waals surface area contributed by atoms with Gasteiger partial charge < -0.3 is 10.6 Å². The highest BCUT2D eigenvalue weighted by Gasteiger charge is 2.09. The van der Waals surface area contributed by atoms with Crippen LogP contribution in [0.1, 0.15) is 0 Å². The van der Waals surface area contributed by atoms with Crippen molar-refractivity contribution in [2.45, 2.75) is 0 Å². The smallest absolute Gasteiger partial charge is 0.146 e. The van der Waals surface area contributed by atoms with Gasteiger partial charge in [-0.05, 0) is 23.8 Å². The van der Waals surface area contributed by atoms with Crippen LogP contribution in [0.3, 0.4) is 0 Å². The van der Waals surface area contributed by atoms with E-state index in [-0.39, 0.29) is 11.3 Å². The molecule has 0 aliphatic rings. The Hall–Kier alpha value is -2.10. The number of benzene rings is 2. The number of nitrogens with zero attached hydrogens (tertiary/aromatic N) is 1. The molecule has 2 aromatic carbocycles. The Bertz CT molecular complexity index is 563. The third-order valence-electron chi connectivity index (χ3n) is 2.78. The van der Waals surface area contributed by atoms with Crippen molar-refractivity contribution in [3.8, 4) is 11.1 Å². The Morgan fingerprint density at radius 1 is 0.944 bits per heavy atom. The minimum atomic E-state index is -0.608. The molecule has 0 aromatic heterocycles. The quantitative estimate of drug-likeness (QED) is 0.826. The molecule has 2 rings (SSSR count). The number of nitrogen functional groups attached to an aromatic ring is 1. The molecule has 2 nitrogen and oxygen atoms in total. The summed E-state index contributed by atoms with van der Waals surface area (Å²) in [6, 6.07) is 9.33. The van der Waals surface area contributed by atoms with Crippen LogP contribution < -0.4 is 10.6 Å². The van der Waals surface area contributed by atoms with Crippen LogP contribution in [-0.2, 0) is 0 Å². The summed E-state index contributed by atoms with van der Waals surface area (Å²) in [7, 11) is 3.83. The van der Waals surface area contributed by atoms with Crippen LogP contribution in [0.15, 0.2) is 36.4 Å². The average Bonchev–Trinajstić information content (AvgIpc) is 2.34. The summed E-state index contributed by atoms with van der Waals surface area (Å²) in [5.74, 6) is -1.13. The molecule has 0 unspecified atom stereocenters. The third-order valence-corrected chi connectivity index (χ3v) is 2.78. The Balaban J connectivity index is 2.46. The predicted molar refractivity (Wildman–Crippen MR) is 70.5 cm³/mol. The summed E-state index contributed by atoms with van der Waals surface area (Å²) in [5, 5.41) is 0. The Morgan fingerprint density at radius 3 is 2.11 bits per heavy atom. The first-order valence-electron chi connectivity index (χ1n) is 5.51. The average molecular weight is 248 g/mol. The molecule has 0 radical (unpaired) electrons. The van der Waals surface area contributed by atoms with Crippen LogP contribution >= 0.6 is 0 Å². The highest BCUT2D eigenvalue weighted by atomic mass is 19.1. The molecule has 2 aromatic rings. The van der Waals surface area contributed by atoms with Gasteiger partial charge in [-0.25, -0.2) is 8.78 Å². The molecule has 4 heteroatoms. The van der Waals surface area contributed by atoms with Gasteiger partial charge in [-0.3, -0.25) is 0 Å². The Labute approximate surface area is 105 Å². The second-order valence-electron chi connectivity index (χ2n) is 4.29.